The third kappa shape index (κ3) is 3.58. The first kappa shape index (κ1) is 18.0. The van der Waals surface area contributed by atoms with Gasteiger partial charge in [-0.05, 0) is 44.6 Å². The van der Waals surface area contributed by atoms with Crippen molar-refractivity contribution in [3.05, 3.63) is 18.0 Å². The molecule has 1 aliphatic heterocycles. The van der Waals surface area contributed by atoms with Crippen molar-refractivity contribution in [3.8, 4) is 0 Å². The number of amides is 2. The number of rotatable bonds is 6. The first-order valence-electron chi connectivity index (χ1n) is 9.45. The third-order valence-corrected chi connectivity index (χ3v) is 6.08. The highest BCUT2D eigenvalue weighted by molar-refractivity contribution is 5.82. The Morgan fingerprint density at radius 2 is 2.00 bits per heavy atom. The first-order valence-corrected chi connectivity index (χ1v) is 9.45. The molecule has 2 amide bonds. The smallest absolute Gasteiger partial charge is 0.247 e. The third-order valence-electron chi connectivity index (χ3n) is 6.08. The standard InChI is InChI=1S/C19H30N4O2/c1-5-15-8-16(9-15)10-18(24)21(4)17-11-22(12-17)19(25)14(3)23-13(2)6-7-20-23/h6-7,14-17H,5,8-12H2,1-4H3. The van der Waals surface area contributed by atoms with Crippen molar-refractivity contribution in [2.24, 2.45) is 11.8 Å². The predicted octanol–water partition coefficient (Wildman–Crippen LogP) is 2.25. The van der Waals surface area contributed by atoms with Gasteiger partial charge < -0.3 is 9.80 Å². The van der Waals surface area contributed by atoms with Crippen LogP contribution in [0.1, 0.15) is 51.3 Å². The van der Waals surface area contributed by atoms with Gasteiger partial charge in [-0.2, -0.15) is 5.10 Å². The summed E-state index contributed by atoms with van der Waals surface area (Å²) in [5.41, 5.74) is 0.983. The van der Waals surface area contributed by atoms with Crippen LogP contribution >= 0.6 is 0 Å². The Hall–Kier alpha value is -1.85. The van der Waals surface area contributed by atoms with Crippen LogP contribution in [0.25, 0.3) is 0 Å². The number of aryl methyl sites for hydroxylation is 1. The number of hydrogen-bond acceptors (Lipinski definition) is 3. The molecule has 1 aromatic heterocycles. The van der Waals surface area contributed by atoms with Gasteiger partial charge in [0.25, 0.3) is 0 Å². The van der Waals surface area contributed by atoms with Crippen LogP contribution in [0, 0.1) is 18.8 Å². The van der Waals surface area contributed by atoms with E-state index in [1.807, 2.05) is 36.8 Å². The molecule has 0 spiro atoms. The highest BCUT2D eigenvalue weighted by Gasteiger charge is 2.38. The molecule has 0 aromatic carbocycles. The molecule has 1 saturated carbocycles. The van der Waals surface area contributed by atoms with E-state index >= 15 is 0 Å². The summed E-state index contributed by atoms with van der Waals surface area (Å²) >= 11 is 0. The molecule has 1 atom stereocenters. The van der Waals surface area contributed by atoms with Gasteiger partial charge in [0, 0.05) is 38.4 Å². The SMILES string of the molecule is CCC1CC(CC(=O)N(C)C2CN(C(=O)C(C)n3nccc3C)C2)C1. The van der Waals surface area contributed by atoms with Gasteiger partial charge in [0.1, 0.15) is 6.04 Å². The molecule has 0 radical (unpaired) electrons. The number of carbonyl (C=O) groups is 2. The van der Waals surface area contributed by atoms with Crippen molar-refractivity contribution >= 4 is 11.8 Å². The number of likely N-dealkylation sites (N-methyl/N-ethyl adjacent to an activating group) is 1. The van der Waals surface area contributed by atoms with Crippen molar-refractivity contribution in [2.75, 3.05) is 20.1 Å². The molecule has 138 valence electrons. The van der Waals surface area contributed by atoms with E-state index in [1.54, 1.807) is 10.9 Å². The lowest BCUT2D eigenvalue weighted by Crippen LogP contribution is -2.62. The van der Waals surface area contributed by atoms with Gasteiger partial charge in [0.2, 0.25) is 11.8 Å². The molecule has 2 fully saturated rings. The lowest BCUT2D eigenvalue weighted by Gasteiger charge is -2.45. The fraction of sp³-hybridized carbons (Fsp3) is 0.737. The van der Waals surface area contributed by atoms with Gasteiger partial charge >= 0.3 is 0 Å². The average Bonchev–Trinajstić information content (AvgIpc) is 2.93. The Morgan fingerprint density at radius 3 is 2.56 bits per heavy atom. The Balaban J connectivity index is 1.44. The van der Waals surface area contributed by atoms with Gasteiger partial charge in [0.15, 0.2) is 0 Å². The van der Waals surface area contributed by atoms with Crippen molar-refractivity contribution in [3.63, 3.8) is 0 Å². The van der Waals surface area contributed by atoms with Gasteiger partial charge in [-0.3, -0.25) is 14.3 Å². The van der Waals surface area contributed by atoms with Crippen molar-refractivity contribution in [1.29, 1.82) is 0 Å². The van der Waals surface area contributed by atoms with Gasteiger partial charge in [0.05, 0.1) is 6.04 Å². The molecule has 2 heterocycles. The molecule has 1 saturated heterocycles. The van der Waals surface area contributed by atoms with Crippen LogP contribution in [-0.4, -0.2) is 57.6 Å². The van der Waals surface area contributed by atoms with E-state index in [0.717, 1.165) is 11.6 Å². The molecule has 25 heavy (non-hydrogen) atoms. The molecule has 6 heteroatoms. The van der Waals surface area contributed by atoms with E-state index in [-0.39, 0.29) is 23.9 Å². The van der Waals surface area contributed by atoms with Gasteiger partial charge in [-0.25, -0.2) is 0 Å². The van der Waals surface area contributed by atoms with Gasteiger partial charge in [-0.15, -0.1) is 0 Å². The van der Waals surface area contributed by atoms with E-state index in [2.05, 4.69) is 12.0 Å². The number of carbonyl (C=O) groups excluding carboxylic acids is 2. The van der Waals surface area contributed by atoms with E-state index in [4.69, 9.17) is 0 Å². The van der Waals surface area contributed by atoms with Crippen LogP contribution in [-0.2, 0) is 9.59 Å². The average molecular weight is 346 g/mol. The van der Waals surface area contributed by atoms with E-state index in [9.17, 15) is 9.59 Å². The molecule has 1 aliphatic carbocycles. The van der Waals surface area contributed by atoms with Crippen molar-refractivity contribution in [1.82, 2.24) is 19.6 Å². The summed E-state index contributed by atoms with van der Waals surface area (Å²) in [6.45, 7) is 7.32. The Bertz CT molecular complexity index is 629. The Kier molecular flexibility index (Phi) is 5.16. The maximum Gasteiger partial charge on any atom is 0.247 e. The van der Waals surface area contributed by atoms with Crippen LogP contribution in [0.5, 0.6) is 0 Å². The maximum atomic E-state index is 12.6. The second-order valence-corrected chi connectivity index (χ2v) is 7.81. The minimum Gasteiger partial charge on any atom is -0.339 e. The molecule has 6 nitrogen and oxygen atoms in total. The zero-order valence-corrected chi connectivity index (χ0v) is 15.8. The fourth-order valence-electron chi connectivity index (χ4n) is 4.00. The number of nitrogens with zero attached hydrogens (tertiary/aromatic N) is 4. The number of likely N-dealkylation sites (tertiary alicyclic amines) is 1. The largest absolute Gasteiger partial charge is 0.339 e. The second-order valence-electron chi connectivity index (χ2n) is 7.81. The monoisotopic (exact) mass is 346 g/mol. The first-order chi connectivity index (χ1) is 11.9. The molecule has 2 aliphatic rings. The summed E-state index contributed by atoms with van der Waals surface area (Å²) in [6, 6.07) is 1.76. The number of hydrogen-bond donors (Lipinski definition) is 0. The summed E-state index contributed by atoms with van der Waals surface area (Å²) in [6.07, 6.45) is 6.01. The minimum atomic E-state index is -0.294. The highest BCUT2D eigenvalue weighted by atomic mass is 16.2. The Morgan fingerprint density at radius 1 is 1.32 bits per heavy atom. The van der Waals surface area contributed by atoms with Gasteiger partial charge in [-0.1, -0.05) is 13.3 Å². The molecule has 0 bridgehead atoms. The fourth-order valence-corrected chi connectivity index (χ4v) is 4.00. The molecule has 0 N–H and O–H groups in total. The van der Waals surface area contributed by atoms with E-state index in [0.29, 0.717) is 25.4 Å². The van der Waals surface area contributed by atoms with Crippen LogP contribution in [0.3, 0.4) is 0 Å². The Labute approximate surface area is 150 Å². The molecular formula is C19H30N4O2. The topological polar surface area (TPSA) is 58.4 Å². The highest BCUT2D eigenvalue weighted by Crippen LogP contribution is 2.38. The molecule has 3 rings (SSSR count). The van der Waals surface area contributed by atoms with E-state index < -0.39 is 0 Å². The summed E-state index contributed by atoms with van der Waals surface area (Å²) in [7, 11) is 1.88. The summed E-state index contributed by atoms with van der Waals surface area (Å²) in [5.74, 6) is 1.70. The predicted molar refractivity (Wildman–Crippen MR) is 95.9 cm³/mol. The van der Waals surface area contributed by atoms with E-state index in [1.165, 1.54) is 19.3 Å². The molecular weight excluding hydrogens is 316 g/mol. The van der Waals surface area contributed by atoms with Crippen LogP contribution in [0.15, 0.2) is 12.3 Å². The lowest BCUT2D eigenvalue weighted by molar-refractivity contribution is -0.148. The van der Waals surface area contributed by atoms with Crippen LogP contribution < -0.4 is 0 Å². The second kappa shape index (κ2) is 7.18. The zero-order chi connectivity index (χ0) is 18.1. The summed E-state index contributed by atoms with van der Waals surface area (Å²) < 4.78 is 1.76. The lowest BCUT2D eigenvalue weighted by atomic mass is 9.72. The quantitative estimate of drug-likeness (QED) is 0.794. The zero-order valence-electron chi connectivity index (χ0n) is 15.8. The van der Waals surface area contributed by atoms with Crippen LogP contribution in [0.4, 0.5) is 0 Å². The normalized spacial score (nSPS) is 24.4. The molecule has 1 aromatic rings. The van der Waals surface area contributed by atoms with Crippen molar-refractivity contribution < 1.29 is 9.59 Å². The minimum absolute atomic E-state index is 0.0775. The van der Waals surface area contributed by atoms with Crippen LogP contribution in [0.2, 0.25) is 0 Å². The van der Waals surface area contributed by atoms with Crippen molar-refractivity contribution in [2.45, 2.75) is 58.5 Å². The molecule has 1 unspecified atom stereocenters. The summed E-state index contributed by atoms with van der Waals surface area (Å²) in [4.78, 5) is 28.7. The maximum absolute atomic E-state index is 12.6. The number of aromatic nitrogens is 2. The summed E-state index contributed by atoms with van der Waals surface area (Å²) in [5, 5.41) is 4.23.